The third-order valence-corrected chi connectivity index (χ3v) is 4.74. The summed E-state index contributed by atoms with van der Waals surface area (Å²) in [5.74, 6) is 0.0156. The number of aryl methyl sites for hydroxylation is 1. The van der Waals surface area contributed by atoms with Crippen LogP contribution in [0.4, 0.5) is 5.69 Å². The minimum Gasteiger partial charge on any atom is -0.384 e. The van der Waals surface area contributed by atoms with Crippen LogP contribution in [0.15, 0.2) is 18.2 Å². The van der Waals surface area contributed by atoms with Crippen molar-refractivity contribution in [3.8, 4) is 0 Å². The molecule has 0 bridgehead atoms. The number of hydrogen-bond acceptors (Lipinski definition) is 3. The highest BCUT2D eigenvalue weighted by molar-refractivity contribution is 6.00. The first-order chi connectivity index (χ1) is 10.2. The third-order valence-electron chi connectivity index (χ3n) is 4.74. The van der Waals surface area contributed by atoms with E-state index in [1.165, 1.54) is 12.0 Å². The van der Waals surface area contributed by atoms with Crippen LogP contribution in [0, 0.1) is 0 Å². The maximum absolute atomic E-state index is 12.7. The Balaban J connectivity index is 1.79. The van der Waals surface area contributed by atoms with Crippen molar-refractivity contribution >= 4 is 11.6 Å². The summed E-state index contributed by atoms with van der Waals surface area (Å²) < 4.78 is 0. The number of amides is 1. The van der Waals surface area contributed by atoms with Gasteiger partial charge < -0.3 is 5.32 Å². The molecule has 0 radical (unpaired) electrons. The van der Waals surface area contributed by atoms with Crippen molar-refractivity contribution in [3.63, 3.8) is 0 Å². The van der Waals surface area contributed by atoms with Gasteiger partial charge in [-0.05, 0) is 51.2 Å². The zero-order valence-electron chi connectivity index (χ0n) is 13.0. The molecule has 2 heterocycles. The van der Waals surface area contributed by atoms with Crippen LogP contribution in [-0.4, -0.2) is 29.5 Å². The zero-order valence-corrected chi connectivity index (χ0v) is 13.0. The molecule has 0 aromatic heterocycles. The number of para-hydroxylation sites is 1. The standard InChI is InChI=1S/C17H25N3O/c1-12-6-3-7-13(2)20(12)19-17(21)15-10-4-8-14-9-5-11-18-16(14)15/h4,8,10,12-13,18H,3,5-7,9,11H2,1-2H3,(H,19,21). The van der Waals surface area contributed by atoms with Crippen LogP contribution in [0.3, 0.4) is 0 Å². The van der Waals surface area contributed by atoms with Crippen molar-refractivity contribution in [3.05, 3.63) is 29.3 Å². The lowest BCUT2D eigenvalue weighted by molar-refractivity contribution is 0.0370. The largest absolute Gasteiger partial charge is 0.384 e. The molecule has 0 aliphatic carbocycles. The second kappa shape index (κ2) is 6.06. The van der Waals surface area contributed by atoms with Gasteiger partial charge in [0, 0.05) is 18.6 Å². The Labute approximate surface area is 126 Å². The Morgan fingerprint density at radius 1 is 1.24 bits per heavy atom. The van der Waals surface area contributed by atoms with Crippen molar-refractivity contribution in [2.75, 3.05) is 11.9 Å². The first-order valence-corrected chi connectivity index (χ1v) is 8.12. The van der Waals surface area contributed by atoms with Gasteiger partial charge >= 0.3 is 0 Å². The van der Waals surface area contributed by atoms with Crippen LogP contribution in [0.25, 0.3) is 0 Å². The Bertz CT molecular complexity index is 519. The number of carbonyl (C=O) groups is 1. The summed E-state index contributed by atoms with van der Waals surface area (Å²) in [5, 5.41) is 5.53. The second-order valence-corrected chi connectivity index (χ2v) is 6.35. The first kappa shape index (κ1) is 14.4. The van der Waals surface area contributed by atoms with Crippen molar-refractivity contribution in [1.82, 2.24) is 10.4 Å². The van der Waals surface area contributed by atoms with E-state index in [0.717, 1.165) is 43.5 Å². The molecule has 1 aromatic carbocycles. The molecule has 114 valence electrons. The van der Waals surface area contributed by atoms with Crippen molar-refractivity contribution in [2.24, 2.45) is 0 Å². The van der Waals surface area contributed by atoms with Gasteiger partial charge in [0.15, 0.2) is 0 Å². The van der Waals surface area contributed by atoms with E-state index < -0.39 is 0 Å². The van der Waals surface area contributed by atoms with Crippen LogP contribution in [0.1, 0.15) is 55.5 Å². The maximum atomic E-state index is 12.7. The lowest BCUT2D eigenvalue weighted by Gasteiger charge is -2.39. The molecule has 0 saturated carbocycles. The highest BCUT2D eigenvalue weighted by atomic mass is 16.2. The van der Waals surface area contributed by atoms with Crippen LogP contribution in [0.5, 0.6) is 0 Å². The normalized spacial score (nSPS) is 25.8. The van der Waals surface area contributed by atoms with Gasteiger partial charge in [0.25, 0.3) is 5.91 Å². The highest BCUT2D eigenvalue weighted by Crippen LogP contribution is 2.27. The number of anilines is 1. The van der Waals surface area contributed by atoms with Crippen molar-refractivity contribution in [2.45, 2.75) is 58.0 Å². The summed E-state index contributed by atoms with van der Waals surface area (Å²) in [4.78, 5) is 12.7. The van der Waals surface area contributed by atoms with Crippen LogP contribution in [0.2, 0.25) is 0 Å². The number of hydrogen-bond donors (Lipinski definition) is 2. The molecule has 4 nitrogen and oxygen atoms in total. The molecule has 2 aliphatic rings. The number of benzene rings is 1. The van der Waals surface area contributed by atoms with E-state index in [1.807, 2.05) is 12.1 Å². The van der Waals surface area contributed by atoms with E-state index in [-0.39, 0.29) is 5.91 Å². The minimum absolute atomic E-state index is 0.0156. The molecule has 0 spiro atoms. The summed E-state index contributed by atoms with van der Waals surface area (Å²) in [5.41, 5.74) is 6.20. The van der Waals surface area contributed by atoms with Gasteiger partial charge in [0.1, 0.15) is 0 Å². The smallest absolute Gasteiger partial charge is 0.267 e. The summed E-state index contributed by atoms with van der Waals surface area (Å²) in [6.45, 7) is 5.33. The molecule has 1 saturated heterocycles. The van der Waals surface area contributed by atoms with Gasteiger partial charge in [-0.25, -0.2) is 5.01 Å². The zero-order chi connectivity index (χ0) is 14.8. The Hall–Kier alpha value is -1.55. The molecule has 1 fully saturated rings. The molecule has 1 aromatic rings. The average molecular weight is 287 g/mol. The van der Waals surface area contributed by atoms with E-state index in [9.17, 15) is 4.79 Å². The van der Waals surface area contributed by atoms with Crippen LogP contribution >= 0.6 is 0 Å². The molecule has 1 amide bonds. The minimum atomic E-state index is 0.0156. The third kappa shape index (κ3) is 2.91. The van der Waals surface area contributed by atoms with Gasteiger partial charge in [-0.15, -0.1) is 0 Å². The monoisotopic (exact) mass is 287 g/mol. The number of piperidine rings is 1. The molecule has 3 rings (SSSR count). The molecule has 2 unspecified atom stereocenters. The average Bonchev–Trinajstić information content (AvgIpc) is 2.50. The number of nitrogens with zero attached hydrogens (tertiary/aromatic N) is 1. The van der Waals surface area contributed by atoms with E-state index in [4.69, 9.17) is 0 Å². The lowest BCUT2D eigenvalue weighted by atomic mass is 9.98. The van der Waals surface area contributed by atoms with Gasteiger partial charge in [-0.2, -0.15) is 0 Å². The van der Waals surface area contributed by atoms with Gasteiger partial charge in [0.2, 0.25) is 0 Å². The molecule has 4 heteroatoms. The Morgan fingerprint density at radius 2 is 2.00 bits per heavy atom. The highest BCUT2D eigenvalue weighted by Gasteiger charge is 2.27. The Morgan fingerprint density at radius 3 is 2.76 bits per heavy atom. The second-order valence-electron chi connectivity index (χ2n) is 6.35. The van der Waals surface area contributed by atoms with E-state index >= 15 is 0 Å². The van der Waals surface area contributed by atoms with E-state index in [2.05, 4.69) is 35.7 Å². The number of hydrazine groups is 1. The van der Waals surface area contributed by atoms with Gasteiger partial charge in [-0.3, -0.25) is 10.2 Å². The molecule has 2 atom stereocenters. The maximum Gasteiger partial charge on any atom is 0.267 e. The van der Waals surface area contributed by atoms with Crippen molar-refractivity contribution < 1.29 is 4.79 Å². The van der Waals surface area contributed by atoms with Crippen molar-refractivity contribution in [1.29, 1.82) is 0 Å². The predicted octanol–water partition coefficient (Wildman–Crippen LogP) is 2.95. The van der Waals surface area contributed by atoms with Gasteiger partial charge in [-0.1, -0.05) is 18.6 Å². The number of nitrogens with one attached hydrogen (secondary N) is 2. The van der Waals surface area contributed by atoms with Gasteiger partial charge in [0.05, 0.1) is 11.3 Å². The summed E-state index contributed by atoms with van der Waals surface area (Å²) >= 11 is 0. The van der Waals surface area contributed by atoms with E-state index in [1.54, 1.807) is 0 Å². The number of carbonyl (C=O) groups excluding carboxylic acids is 1. The Kier molecular flexibility index (Phi) is 4.15. The number of fused-ring (bicyclic) bond motifs is 1. The fourth-order valence-corrected chi connectivity index (χ4v) is 3.52. The lowest BCUT2D eigenvalue weighted by Crippen LogP contribution is -2.54. The quantitative estimate of drug-likeness (QED) is 0.879. The fraction of sp³-hybridized carbons (Fsp3) is 0.588. The topological polar surface area (TPSA) is 44.4 Å². The molecule has 21 heavy (non-hydrogen) atoms. The fourth-order valence-electron chi connectivity index (χ4n) is 3.52. The summed E-state index contributed by atoms with van der Waals surface area (Å²) in [6, 6.07) is 6.84. The van der Waals surface area contributed by atoms with Crippen LogP contribution < -0.4 is 10.7 Å². The van der Waals surface area contributed by atoms with Crippen LogP contribution in [-0.2, 0) is 6.42 Å². The first-order valence-electron chi connectivity index (χ1n) is 8.12. The molecule has 2 N–H and O–H groups in total. The summed E-state index contributed by atoms with van der Waals surface area (Å²) in [7, 11) is 0. The molecule has 2 aliphatic heterocycles. The molecular formula is C17H25N3O. The predicted molar refractivity (Wildman–Crippen MR) is 85.3 cm³/mol. The SMILES string of the molecule is CC1CCCC(C)N1NC(=O)c1cccc2c1NCCC2. The summed E-state index contributed by atoms with van der Waals surface area (Å²) in [6.07, 6.45) is 5.74. The number of rotatable bonds is 2. The van der Waals surface area contributed by atoms with E-state index in [0.29, 0.717) is 12.1 Å². The molecular weight excluding hydrogens is 262 g/mol.